The standard InChI is InChI=1S/C11H12ClFO3/c1-6(2)10(16-11(14)15)8-4-3-7(13)5-9(8)12/h3-6,10H,1-2H3,(H,14,15). The van der Waals surface area contributed by atoms with Gasteiger partial charge in [-0.1, -0.05) is 31.5 Å². The van der Waals surface area contributed by atoms with Gasteiger partial charge in [-0.25, -0.2) is 9.18 Å². The number of hydrogen-bond acceptors (Lipinski definition) is 2. The molecule has 16 heavy (non-hydrogen) atoms. The van der Waals surface area contributed by atoms with Crippen molar-refractivity contribution < 1.29 is 19.0 Å². The van der Waals surface area contributed by atoms with Gasteiger partial charge in [0.05, 0.1) is 5.02 Å². The molecular weight excluding hydrogens is 235 g/mol. The summed E-state index contributed by atoms with van der Waals surface area (Å²) in [5.74, 6) is -0.550. The summed E-state index contributed by atoms with van der Waals surface area (Å²) >= 11 is 5.84. The molecule has 0 radical (unpaired) electrons. The van der Waals surface area contributed by atoms with Gasteiger partial charge in [0.2, 0.25) is 0 Å². The van der Waals surface area contributed by atoms with Gasteiger partial charge in [-0.3, -0.25) is 0 Å². The largest absolute Gasteiger partial charge is 0.506 e. The summed E-state index contributed by atoms with van der Waals surface area (Å²) in [6.07, 6.45) is -2.07. The molecule has 0 fully saturated rings. The van der Waals surface area contributed by atoms with E-state index >= 15 is 0 Å². The molecule has 3 nitrogen and oxygen atoms in total. The van der Waals surface area contributed by atoms with E-state index in [1.54, 1.807) is 13.8 Å². The minimum Gasteiger partial charge on any atom is -0.450 e. The molecule has 0 saturated heterocycles. The number of carbonyl (C=O) groups is 1. The lowest BCUT2D eigenvalue weighted by Crippen LogP contribution is -2.15. The second-order valence-electron chi connectivity index (χ2n) is 3.71. The van der Waals surface area contributed by atoms with Crippen LogP contribution in [0.3, 0.4) is 0 Å². The van der Waals surface area contributed by atoms with E-state index in [0.717, 1.165) is 6.07 Å². The van der Waals surface area contributed by atoms with E-state index in [0.29, 0.717) is 5.56 Å². The summed E-state index contributed by atoms with van der Waals surface area (Å²) in [4.78, 5) is 10.5. The number of ether oxygens (including phenoxy) is 1. The summed E-state index contributed by atoms with van der Waals surface area (Å²) < 4.78 is 17.6. The van der Waals surface area contributed by atoms with Crippen molar-refractivity contribution in [3.63, 3.8) is 0 Å². The molecule has 0 aliphatic carbocycles. The van der Waals surface area contributed by atoms with Gasteiger partial charge in [0.1, 0.15) is 11.9 Å². The fraction of sp³-hybridized carbons (Fsp3) is 0.364. The average Bonchev–Trinajstić information content (AvgIpc) is 2.14. The summed E-state index contributed by atoms with van der Waals surface area (Å²) in [6, 6.07) is 3.80. The van der Waals surface area contributed by atoms with Crippen molar-refractivity contribution in [3.05, 3.63) is 34.6 Å². The van der Waals surface area contributed by atoms with Crippen LogP contribution < -0.4 is 0 Å². The van der Waals surface area contributed by atoms with Crippen LogP contribution in [0, 0.1) is 11.7 Å². The van der Waals surface area contributed by atoms with Crippen molar-refractivity contribution >= 4 is 17.8 Å². The Labute approximate surface area is 97.8 Å². The van der Waals surface area contributed by atoms with Crippen molar-refractivity contribution in [2.45, 2.75) is 20.0 Å². The fourth-order valence-corrected chi connectivity index (χ4v) is 1.67. The zero-order valence-electron chi connectivity index (χ0n) is 8.91. The molecule has 1 unspecified atom stereocenters. The first kappa shape index (κ1) is 12.8. The Bertz CT molecular complexity index is 393. The third-order valence-electron chi connectivity index (χ3n) is 2.10. The van der Waals surface area contributed by atoms with Gasteiger partial charge in [0.15, 0.2) is 0 Å². The van der Waals surface area contributed by atoms with E-state index in [9.17, 15) is 9.18 Å². The van der Waals surface area contributed by atoms with E-state index in [2.05, 4.69) is 0 Å². The Morgan fingerprint density at radius 2 is 2.12 bits per heavy atom. The molecule has 5 heteroatoms. The predicted molar refractivity (Wildman–Crippen MR) is 58.1 cm³/mol. The minimum absolute atomic E-state index is 0.0842. The molecule has 1 aromatic carbocycles. The normalized spacial score (nSPS) is 12.6. The fourth-order valence-electron chi connectivity index (χ4n) is 1.40. The molecule has 0 aliphatic heterocycles. The van der Waals surface area contributed by atoms with Crippen LogP contribution in [0.15, 0.2) is 18.2 Å². The van der Waals surface area contributed by atoms with E-state index < -0.39 is 18.1 Å². The Hall–Kier alpha value is -1.29. The molecule has 0 heterocycles. The highest BCUT2D eigenvalue weighted by molar-refractivity contribution is 6.31. The first-order chi connectivity index (χ1) is 7.41. The predicted octanol–water partition coefficient (Wildman–Crippen LogP) is 3.87. The SMILES string of the molecule is CC(C)C(OC(=O)O)c1ccc(F)cc1Cl. The molecule has 0 aliphatic rings. The Kier molecular flexibility index (Phi) is 4.12. The maximum absolute atomic E-state index is 12.8. The summed E-state index contributed by atoms with van der Waals surface area (Å²) in [6.45, 7) is 3.60. The van der Waals surface area contributed by atoms with Crippen molar-refractivity contribution in [2.24, 2.45) is 5.92 Å². The maximum atomic E-state index is 12.8. The lowest BCUT2D eigenvalue weighted by Gasteiger charge is -2.21. The number of carboxylic acid groups (broad SMARTS) is 1. The van der Waals surface area contributed by atoms with Crippen LogP contribution in [-0.2, 0) is 4.74 Å². The molecule has 0 bridgehead atoms. The van der Waals surface area contributed by atoms with Gasteiger partial charge in [0, 0.05) is 5.56 Å². The zero-order valence-corrected chi connectivity index (χ0v) is 9.66. The van der Waals surface area contributed by atoms with Gasteiger partial charge < -0.3 is 9.84 Å². The summed E-state index contributed by atoms with van der Waals surface area (Å²) in [7, 11) is 0. The molecule has 88 valence electrons. The molecule has 1 N–H and O–H groups in total. The van der Waals surface area contributed by atoms with Gasteiger partial charge in [0.25, 0.3) is 0 Å². The lowest BCUT2D eigenvalue weighted by atomic mass is 9.99. The van der Waals surface area contributed by atoms with Crippen molar-refractivity contribution in [1.29, 1.82) is 0 Å². The van der Waals surface area contributed by atoms with Crippen molar-refractivity contribution in [2.75, 3.05) is 0 Å². The van der Waals surface area contributed by atoms with Gasteiger partial charge in [-0.05, 0) is 18.1 Å². The number of benzene rings is 1. The first-order valence-corrected chi connectivity index (χ1v) is 5.14. The van der Waals surface area contributed by atoms with Crippen LogP contribution in [0.5, 0.6) is 0 Å². The highest BCUT2D eigenvalue weighted by atomic mass is 35.5. The van der Waals surface area contributed by atoms with Crippen LogP contribution in [0.4, 0.5) is 9.18 Å². The minimum atomic E-state index is -1.38. The van der Waals surface area contributed by atoms with Crippen LogP contribution in [0.2, 0.25) is 5.02 Å². The van der Waals surface area contributed by atoms with E-state index in [1.165, 1.54) is 12.1 Å². The molecule has 0 spiro atoms. The topological polar surface area (TPSA) is 46.5 Å². The molecule has 1 aromatic rings. The van der Waals surface area contributed by atoms with E-state index in [4.69, 9.17) is 21.4 Å². The van der Waals surface area contributed by atoms with Gasteiger partial charge >= 0.3 is 6.16 Å². The van der Waals surface area contributed by atoms with Crippen LogP contribution in [-0.4, -0.2) is 11.3 Å². The van der Waals surface area contributed by atoms with Crippen molar-refractivity contribution in [3.8, 4) is 0 Å². The second kappa shape index (κ2) is 5.16. The quantitative estimate of drug-likeness (QED) is 0.824. The molecule has 1 rings (SSSR count). The van der Waals surface area contributed by atoms with Crippen molar-refractivity contribution in [1.82, 2.24) is 0 Å². The zero-order chi connectivity index (χ0) is 12.3. The van der Waals surface area contributed by atoms with Crippen LogP contribution in [0.25, 0.3) is 0 Å². The number of halogens is 2. The Morgan fingerprint density at radius 3 is 2.56 bits per heavy atom. The molecule has 0 aromatic heterocycles. The Morgan fingerprint density at radius 1 is 1.50 bits per heavy atom. The lowest BCUT2D eigenvalue weighted by molar-refractivity contribution is 0.0308. The smallest absolute Gasteiger partial charge is 0.450 e. The third-order valence-corrected chi connectivity index (χ3v) is 2.43. The van der Waals surface area contributed by atoms with Gasteiger partial charge in [-0.15, -0.1) is 0 Å². The molecular formula is C11H12ClFO3. The summed E-state index contributed by atoms with van der Waals surface area (Å²) in [5, 5.41) is 8.77. The average molecular weight is 247 g/mol. The van der Waals surface area contributed by atoms with Gasteiger partial charge in [-0.2, -0.15) is 0 Å². The van der Waals surface area contributed by atoms with Crippen LogP contribution >= 0.6 is 11.6 Å². The van der Waals surface area contributed by atoms with Crippen LogP contribution in [0.1, 0.15) is 25.5 Å². The third kappa shape index (κ3) is 3.10. The molecule has 0 saturated carbocycles. The van der Waals surface area contributed by atoms with E-state index in [1.807, 2.05) is 0 Å². The Balaban J connectivity index is 3.05. The van der Waals surface area contributed by atoms with E-state index in [-0.39, 0.29) is 10.9 Å². The number of hydrogen-bond donors (Lipinski definition) is 1. The highest BCUT2D eigenvalue weighted by Crippen LogP contribution is 2.31. The second-order valence-corrected chi connectivity index (χ2v) is 4.12. The highest BCUT2D eigenvalue weighted by Gasteiger charge is 2.22. The maximum Gasteiger partial charge on any atom is 0.506 e. The number of rotatable bonds is 3. The monoisotopic (exact) mass is 246 g/mol. The first-order valence-electron chi connectivity index (χ1n) is 4.76. The summed E-state index contributed by atoms with van der Waals surface area (Å²) in [5.41, 5.74) is 0.473. The molecule has 1 atom stereocenters. The molecule has 0 amide bonds.